The third-order valence-corrected chi connectivity index (χ3v) is 3.76. The van der Waals surface area contributed by atoms with Gasteiger partial charge in [-0.25, -0.2) is 9.52 Å². The van der Waals surface area contributed by atoms with E-state index in [0.29, 0.717) is 6.42 Å². The van der Waals surface area contributed by atoms with Crippen LogP contribution in [-0.4, -0.2) is 15.8 Å². The number of rotatable bonds is 5. The Hall–Kier alpha value is -1.00. The van der Waals surface area contributed by atoms with Gasteiger partial charge in [-0.3, -0.25) is 0 Å². The number of aliphatic carboxylic acids is 1. The van der Waals surface area contributed by atoms with Gasteiger partial charge in [-0.1, -0.05) is 49.2 Å². The molecule has 0 saturated carbocycles. The maximum atomic E-state index is 11.7. The third-order valence-electron chi connectivity index (χ3n) is 2.69. The normalized spacial score (nSPS) is 15.1. The zero-order valence-corrected chi connectivity index (χ0v) is 12.2. The van der Waals surface area contributed by atoms with Crippen LogP contribution in [0.5, 0.6) is 0 Å². The smallest absolute Gasteiger partial charge is 0.329 e. The number of hydrogen-bond acceptors (Lipinski definition) is 3. The SMILES string of the molecule is CCC(NSC(C)(C)C)(C(=O)O)c1ccccc1. The van der Waals surface area contributed by atoms with Crippen molar-refractivity contribution in [3.05, 3.63) is 35.9 Å². The van der Waals surface area contributed by atoms with Crippen LogP contribution < -0.4 is 4.72 Å². The molecule has 0 bridgehead atoms. The molecule has 0 aliphatic rings. The summed E-state index contributed by atoms with van der Waals surface area (Å²) in [6.45, 7) is 8.05. The molecule has 1 aromatic rings. The molecule has 0 saturated heterocycles. The molecule has 0 fully saturated rings. The molecule has 1 rings (SSSR count). The Balaban J connectivity index is 3.07. The highest BCUT2D eigenvalue weighted by Gasteiger charge is 2.39. The molecule has 100 valence electrons. The Morgan fingerprint density at radius 3 is 2.22 bits per heavy atom. The Labute approximate surface area is 113 Å². The molecule has 1 aromatic carbocycles. The lowest BCUT2D eigenvalue weighted by Crippen LogP contribution is -2.47. The minimum Gasteiger partial charge on any atom is -0.480 e. The van der Waals surface area contributed by atoms with E-state index in [2.05, 4.69) is 25.5 Å². The quantitative estimate of drug-likeness (QED) is 0.803. The first-order valence-electron chi connectivity index (χ1n) is 6.06. The zero-order valence-electron chi connectivity index (χ0n) is 11.4. The van der Waals surface area contributed by atoms with E-state index in [9.17, 15) is 9.90 Å². The highest BCUT2D eigenvalue weighted by atomic mass is 32.2. The predicted octanol–water partition coefficient (Wildman–Crippen LogP) is 3.41. The van der Waals surface area contributed by atoms with E-state index in [4.69, 9.17) is 0 Å². The van der Waals surface area contributed by atoms with Crippen LogP contribution in [0.3, 0.4) is 0 Å². The van der Waals surface area contributed by atoms with Crippen molar-refractivity contribution < 1.29 is 9.90 Å². The first-order chi connectivity index (χ1) is 8.32. The second-order valence-electron chi connectivity index (χ2n) is 5.25. The molecule has 0 heterocycles. The molecule has 0 aliphatic carbocycles. The lowest BCUT2D eigenvalue weighted by atomic mass is 9.88. The monoisotopic (exact) mass is 267 g/mol. The van der Waals surface area contributed by atoms with Crippen molar-refractivity contribution in [1.29, 1.82) is 0 Å². The van der Waals surface area contributed by atoms with E-state index in [1.165, 1.54) is 11.9 Å². The number of benzene rings is 1. The molecule has 2 N–H and O–H groups in total. The van der Waals surface area contributed by atoms with Crippen LogP contribution in [0, 0.1) is 0 Å². The minimum atomic E-state index is -1.03. The van der Waals surface area contributed by atoms with Crippen molar-refractivity contribution in [3.8, 4) is 0 Å². The van der Waals surface area contributed by atoms with Gasteiger partial charge in [-0.2, -0.15) is 0 Å². The third kappa shape index (κ3) is 3.50. The first kappa shape index (κ1) is 15.1. The molecule has 0 aromatic heterocycles. The summed E-state index contributed by atoms with van der Waals surface area (Å²) in [5.41, 5.74) is -0.240. The number of carboxylic acids is 1. The molecular weight excluding hydrogens is 246 g/mol. The predicted molar refractivity (Wildman–Crippen MR) is 76.5 cm³/mol. The summed E-state index contributed by atoms with van der Waals surface area (Å²) in [6.07, 6.45) is 0.495. The minimum absolute atomic E-state index is 0.0371. The van der Waals surface area contributed by atoms with Crippen molar-refractivity contribution in [2.24, 2.45) is 0 Å². The first-order valence-corrected chi connectivity index (χ1v) is 6.87. The van der Waals surface area contributed by atoms with E-state index in [1.807, 2.05) is 37.3 Å². The summed E-state index contributed by atoms with van der Waals surface area (Å²) in [7, 11) is 0. The highest BCUT2D eigenvalue weighted by molar-refractivity contribution is 7.98. The van der Waals surface area contributed by atoms with Gasteiger partial charge in [-0.15, -0.1) is 0 Å². The van der Waals surface area contributed by atoms with Gasteiger partial charge in [0.1, 0.15) is 0 Å². The van der Waals surface area contributed by atoms with Gasteiger partial charge in [0.05, 0.1) is 0 Å². The summed E-state index contributed by atoms with van der Waals surface area (Å²) in [5.74, 6) is -0.840. The molecule has 18 heavy (non-hydrogen) atoms. The van der Waals surface area contributed by atoms with Crippen LogP contribution in [0.4, 0.5) is 0 Å². The molecule has 3 nitrogen and oxygen atoms in total. The van der Waals surface area contributed by atoms with Gasteiger partial charge in [-0.05, 0) is 32.8 Å². The zero-order chi connectivity index (χ0) is 13.8. The van der Waals surface area contributed by atoms with Crippen LogP contribution in [0.2, 0.25) is 0 Å². The Bertz CT molecular complexity index is 400. The molecule has 0 aliphatic heterocycles. The van der Waals surface area contributed by atoms with Crippen molar-refractivity contribution in [1.82, 2.24) is 4.72 Å². The number of carboxylic acid groups (broad SMARTS) is 1. The molecular formula is C14H21NO2S. The Morgan fingerprint density at radius 2 is 1.83 bits per heavy atom. The lowest BCUT2D eigenvalue weighted by molar-refractivity contribution is -0.144. The van der Waals surface area contributed by atoms with Crippen LogP contribution in [0.15, 0.2) is 30.3 Å². The Morgan fingerprint density at radius 1 is 1.28 bits per heavy atom. The summed E-state index contributed by atoms with van der Waals surface area (Å²) in [6, 6.07) is 9.34. The van der Waals surface area contributed by atoms with E-state index < -0.39 is 11.5 Å². The van der Waals surface area contributed by atoms with Gasteiger partial charge in [0, 0.05) is 4.75 Å². The number of carbonyl (C=O) groups is 1. The van der Waals surface area contributed by atoms with Crippen molar-refractivity contribution in [3.63, 3.8) is 0 Å². The second kappa shape index (κ2) is 5.76. The van der Waals surface area contributed by atoms with Crippen molar-refractivity contribution in [2.75, 3.05) is 0 Å². The maximum absolute atomic E-state index is 11.7. The van der Waals surface area contributed by atoms with Crippen LogP contribution in [0.25, 0.3) is 0 Å². The topological polar surface area (TPSA) is 49.3 Å². The van der Waals surface area contributed by atoms with Crippen molar-refractivity contribution >= 4 is 17.9 Å². The van der Waals surface area contributed by atoms with E-state index >= 15 is 0 Å². The van der Waals surface area contributed by atoms with Gasteiger partial charge < -0.3 is 5.11 Å². The highest BCUT2D eigenvalue weighted by Crippen LogP contribution is 2.31. The van der Waals surface area contributed by atoms with Gasteiger partial charge in [0.15, 0.2) is 5.54 Å². The average molecular weight is 267 g/mol. The maximum Gasteiger partial charge on any atom is 0.329 e. The second-order valence-corrected chi connectivity index (χ2v) is 6.88. The number of nitrogens with one attached hydrogen (secondary N) is 1. The number of hydrogen-bond donors (Lipinski definition) is 2. The summed E-state index contributed by atoms with van der Waals surface area (Å²) in [4.78, 5) is 11.7. The lowest BCUT2D eigenvalue weighted by Gasteiger charge is -2.32. The fourth-order valence-electron chi connectivity index (χ4n) is 1.62. The van der Waals surface area contributed by atoms with Crippen LogP contribution >= 0.6 is 11.9 Å². The van der Waals surface area contributed by atoms with E-state index in [0.717, 1.165) is 5.56 Å². The fourth-order valence-corrected chi connectivity index (χ4v) is 2.45. The molecule has 0 radical (unpaired) electrons. The van der Waals surface area contributed by atoms with Gasteiger partial charge in [0.2, 0.25) is 0 Å². The van der Waals surface area contributed by atoms with E-state index in [1.54, 1.807) is 0 Å². The largest absolute Gasteiger partial charge is 0.480 e. The van der Waals surface area contributed by atoms with Gasteiger partial charge in [0.25, 0.3) is 0 Å². The van der Waals surface area contributed by atoms with E-state index in [-0.39, 0.29) is 4.75 Å². The standard InChI is InChI=1S/C14H21NO2S/c1-5-14(12(16)17,15-18-13(2,3)4)11-9-7-6-8-10-11/h6-10,15H,5H2,1-4H3,(H,16,17). The molecule has 4 heteroatoms. The van der Waals surface area contributed by atoms with Crippen LogP contribution in [0.1, 0.15) is 39.7 Å². The van der Waals surface area contributed by atoms with Crippen LogP contribution in [-0.2, 0) is 10.3 Å². The molecule has 1 unspecified atom stereocenters. The molecule has 1 atom stereocenters. The summed E-state index contributed by atoms with van der Waals surface area (Å²) in [5, 5.41) is 9.60. The molecule has 0 amide bonds. The van der Waals surface area contributed by atoms with Crippen molar-refractivity contribution in [2.45, 2.75) is 44.4 Å². The van der Waals surface area contributed by atoms with Gasteiger partial charge >= 0.3 is 5.97 Å². The fraction of sp³-hybridized carbons (Fsp3) is 0.500. The Kier molecular flexibility index (Phi) is 4.82. The molecule has 0 spiro atoms. The summed E-state index contributed by atoms with van der Waals surface area (Å²) >= 11 is 1.46. The summed E-state index contributed by atoms with van der Waals surface area (Å²) < 4.78 is 3.12. The average Bonchev–Trinajstić information content (AvgIpc) is 2.30.